The molecule has 0 saturated heterocycles. The van der Waals surface area contributed by atoms with E-state index in [-0.39, 0.29) is 17.2 Å². The topological polar surface area (TPSA) is 83.4 Å². The van der Waals surface area contributed by atoms with E-state index >= 15 is 0 Å². The summed E-state index contributed by atoms with van der Waals surface area (Å²) in [6.07, 6.45) is 1.32. The van der Waals surface area contributed by atoms with Crippen LogP contribution in [0.15, 0.2) is 47.8 Å². The SMILES string of the molecule is CC(=O)N(c1nc(/C=C(/CC(=O)O)c2nc3ccccc3s2)cs1)c1ccc(F)cc1F. The number of thiazole rings is 2. The number of halogens is 2. The van der Waals surface area contributed by atoms with E-state index in [1.807, 2.05) is 24.3 Å². The average molecular weight is 472 g/mol. The molecule has 0 spiro atoms. The van der Waals surface area contributed by atoms with Crippen molar-refractivity contribution in [3.05, 3.63) is 70.2 Å². The van der Waals surface area contributed by atoms with E-state index in [1.54, 1.807) is 11.5 Å². The Kier molecular flexibility index (Phi) is 6.06. The van der Waals surface area contributed by atoms with Crippen LogP contribution in [0.5, 0.6) is 0 Å². The van der Waals surface area contributed by atoms with Gasteiger partial charge in [0.1, 0.15) is 16.6 Å². The maximum Gasteiger partial charge on any atom is 0.307 e. The number of amides is 1. The van der Waals surface area contributed by atoms with Gasteiger partial charge in [0.15, 0.2) is 5.13 Å². The molecule has 32 heavy (non-hydrogen) atoms. The number of nitrogens with zero attached hydrogens (tertiary/aromatic N) is 3. The number of anilines is 2. The summed E-state index contributed by atoms with van der Waals surface area (Å²) in [5.74, 6) is -3.18. The van der Waals surface area contributed by atoms with Crippen LogP contribution in [-0.4, -0.2) is 27.0 Å². The van der Waals surface area contributed by atoms with E-state index < -0.39 is 23.5 Å². The zero-order chi connectivity index (χ0) is 22.8. The van der Waals surface area contributed by atoms with Gasteiger partial charge in [0.2, 0.25) is 5.91 Å². The van der Waals surface area contributed by atoms with Crippen molar-refractivity contribution in [3.8, 4) is 0 Å². The second-order valence-electron chi connectivity index (χ2n) is 6.73. The first-order valence-corrected chi connectivity index (χ1v) is 11.0. The number of fused-ring (bicyclic) bond motifs is 1. The Bertz CT molecular complexity index is 1330. The molecule has 0 aliphatic heterocycles. The lowest BCUT2D eigenvalue weighted by atomic mass is 10.1. The Labute approximate surface area is 189 Å². The summed E-state index contributed by atoms with van der Waals surface area (Å²) in [6, 6.07) is 10.4. The largest absolute Gasteiger partial charge is 0.481 e. The van der Waals surface area contributed by atoms with Gasteiger partial charge in [0, 0.05) is 23.9 Å². The Morgan fingerprint density at radius 1 is 1.16 bits per heavy atom. The molecule has 0 unspecified atom stereocenters. The highest BCUT2D eigenvalue weighted by molar-refractivity contribution is 7.19. The van der Waals surface area contributed by atoms with Gasteiger partial charge in [-0.3, -0.25) is 14.5 Å². The molecular weight excluding hydrogens is 456 g/mol. The van der Waals surface area contributed by atoms with E-state index in [1.165, 1.54) is 24.3 Å². The monoisotopic (exact) mass is 471 g/mol. The predicted octanol–water partition coefficient (Wildman–Crippen LogP) is 5.73. The van der Waals surface area contributed by atoms with Crippen molar-refractivity contribution in [3.63, 3.8) is 0 Å². The minimum absolute atomic E-state index is 0.124. The summed E-state index contributed by atoms with van der Waals surface area (Å²) in [5, 5.41) is 11.7. The fourth-order valence-electron chi connectivity index (χ4n) is 3.05. The molecule has 2 aromatic heterocycles. The third-order valence-corrected chi connectivity index (χ3v) is 6.35. The molecule has 0 saturated carbocycles. The number of carboxylic acid groups (broad SMARTS) is 1. The zero-order valence-corrected chi connectivity index (χ0v) is 18.2. The quantitative estimate of drug-likeness (QED) is 0.388. The summed E-state index contributed by atoms with van der Waals surface area (Å²) >= 11 is 2.45. The summed E-state index contributed by atoms with van der Waals surface area (Å²) < 4.78 is 28.5. The van der Waals surface area contributed by atoms with Crippen LogP contribution >= 0.6 is 22.7 Å². The van der Waals surface area contributed by atoms with Crippen molar-refractivity contribution in [1.82, 2.24) is 9.97 Å². The molecule has 0 aliphatic rings. The van der Waals surface area contributed by atoms with Gasteiger partial charge in [0.05, 0.1) is 28.0 Å². The predicted molar refractivity (Wildman–Crippen MR) is 121 cm³/mol. The van der Waals surface area contributed by atoms with Gasteiger partial charge in [-0.25, -0.2) is 18.7 Å². The van der Waals surface area contributed by atoms with Crippen molar-refractivity contribution in [2.24, 2.45) is 0 Å². The Morgan fingerprint density at radius 2 is 1.94 bits per heavy atom. The van der Waals surface area contributed by atoms with E-state index in [2.05, 4.69) is 9.97 Å². The Morgan fingerprint density at radius 3 is 2.62 bits per heavy atom. The van der Waals surface area contributed by atoms with Gasteiger partial charge in [-0.1, -0.05) is 12.1 Å². The molecule has 6 nitrogen and oxygen atoms in total. The van der Waals surface area contributed by atoms with Crippen LogP contribution in [0.4, 0.5) is 19.6 Å². The highest BCUT2D eigenvalue weighted by Gasteiger charge is 2.22. The minimum atomic E-state index is -1.02. The maximum absolute atomic E-state index is 14.3. The highest BCUT2D eigenvalue weighted by atomic mass is 32.1. The summed E-state index contributed by atoms with van der Waals surface area (Å²) in [5.41, 5.74) is 1.49. The van der Waals surface area contributed by atoms with E-state index in [0.29, 0.717) is 22.3 Å². The third-order valence-electron chi connectivity index (χ3n) is 4.40. The summed E-state index contributed by atoms with van der Waals surface area (Å²) in [6.45, 7) is 1.25. The number of hydrogen-bond donors (Lipinski definition) is 1. The van der Waals surface area contributed by atoms with E-state index in [9.17, 15) is 23.5 Å². The van der Waals surface area contributed by atoms with Crippen LogP contribution in [0.2, 0.25) is 0 Å². The zero-order valence-electron chi connectivity index (χ0n) is 16.6. The van der Waals surface area contributed by atoms with Crippen LogP contribution in [-0.2, 0) is 9.59 Å². The normalized spacial score (nSPS) is 11.7. The lowest BCUT2D eigenvalue weighted by molar-refractivity contribution is -0.135. The number of hydrogen-bond acceptors (Lipinski definition) is 6. The van der Waals surface area contributed by atoms with Gasteiger partial charge in [-0.15, -0.1) is 22.7 Å². The second kappa shape index (κ2) is 8.93. The van der Waals surface area contributed by atoms with E-state index in [4.69, 9.17) is 0 Å². The smallest absolute Gasteiger partial charge is 0.307 e. The number of aromatic nitrogens is 2. The molecule has 4 rings (SSSR count). The molecule has 1 amide bonds. The number of carboxylic acids is 1. The fourth-order valence-corrected chi connectivity index (χ4v) is 4.87. The average Bonchev–Trinajstić information content (AvgIpc) is 3.36. The van der Waals surface area contributed by atoms with Gasteiger partial charge in [-0.05, 0) is 30.3 Å². The molecule has 2 heterocycles. The lowest BCUT2D eigenvalue weighted by Gasteiger charge is -2.18. The second-order valence-corrected chi connectivity index (χ2v) is 8.60. The van der Waals surface area contributed by atoms with Crippen LogP contribution in [0.25, 0.3) is 21.9 Å². The van der Waals surface area contributed by atoms with Crippen LogP contribution in [0, 0.1) is 11.6 Å². The molecular formula is C22H15F2N3O3S2. The molecule has 0 radical (unpaired) electrons. The molecule has 0 fully saturated rings. The first-order chi connectivity index (χ1) is 15.3. The molecule has 2 aromatic carbocycles. The first-order valence-electron chi connectivity index (χ1n) is 9.31. The van der Waals surface area contributed by atoms with Crippen LogP contribution < -0.4 is 4.90 Å². The number of carbonyl (C=O) groups is 2. The van der Waals surface area contributed by atoms with Crippen molar-refractivity contribution in [1.29, 1.82) is 0 Å². The van der Waals surface area contributed by atoms with E-state index in [0.717, 1.165) is 32.5 Å². The minimum Gasteiger partial charge on any atom is -0.481 e. The van der Waals surface area contributed by atoms with Crippen molar-refractivity contribution < 1.29 is 23.5 Å². The fraction of sp³-hybridized carbons (Fsp3) is 0.0909. The van der Waals surface area contributed by atoms with Gasteiger partial charge in [0.25, 0.3) is 0 Å². The van der Waals surface area contributed by atoms with Gasteiger partial charge < -0.3 is 5.11 Å². The number of carbonyl (C=O) groups excluding carboxylic acids is 1. The van der Waals surface area contributed by atoms with Gasteiger partial charge >= 0.3 is 5.97 Å². The standard InChI is InChI=1S/C22H15F2N3O3S2/c1-12(28)27(18-7-6-14(23)10-16(18)24)22-25-15(11-31-22)8-13(9-20(29)30)21-26-17-4-2-3-5-19(17)32-21/h2-8,10-11H,9H2,1H3,(H,29,30)/b13-8-. The first kappa shape index (κ1) is 21.7. The van der Waals surface area contributed by atoms with Crippen LogP contribution in [0.1, 0.15) is 24.0 Å². The molecule has 4 aromatic rings. The number of para-hydroxylation sites is 1. The number of benzene rings is 2. The summed E-state index contributed by atoms with van der Waals surface area (Å²) in [7, 11) is 0. The Hall–Kier alpha value is -3.50. The molecule has 162 valence electrons. The molecule has 0 bridgehead atoms. The van der Waals surface area contributed by atoms with Crippen LogP contribution in [0.3, 0.4) is 0 Å². The third kappa shape index (κ3) is 4.56. The van der Waals surface area contributed by atoms with Gasteiger partial charge in [-0.2, -0.15) is 0 Å². The van der Waals surface area contributed by atoms with Crippen molar-refractivity contribution in [2.75, 3.05) is 4.90 Å². The highest BCUT2D eigenvalue weighted by Crippen LogP contribution is 2.34. The number of aliphatic carboxylic acids is 1. The van der Waals surface area contributed by atoms with Crippen molar-refractivity contribution >= 4 is 67.2 Å². The Balaban J connectivity index is 1.73. The molecule has 10 heteroatoms. The molecule has 0 atom stereocenters. The number of rotatable bonds is 6. The maximum atomic E-state index is 14.3. The summed E-state index contributed by atoms with van der Waals surface area (Å²) in [4.78, 5) is 33.6. The van der Waals surface area contributed by atoms with Crippen molar-refractivity contribution in [2.45, 2.75) is 13.3 Å². The lowest BCUT2D eigenvalue weighted by Crippen LogP contribution is -2.23. The molecule has 1 N–H and O–H groups in total. The molecule has 0 aliphatic carbocycles.